The predicted octanol–water partition coefficient (Wildman–Crippen LogP) is 3.90. The van der Waals surface area contributed by atoms with Gasteiger partial charge < -0.3 is 9.32 Å². The molecule has 4 rings (SSSR count). The fourth-order valence-electron chi connectivity index (χ4n) is 4.00. The van der Waals surface area contributed by atoms with E-state index < -0.39 is 9.84 Å². The Balaban J connectivity index is 1.52. The van der Waals surface area contributed by atoms with E-state index in [1.807, 2.05) is 22.9 Å². The van der Waals surface area contributed by atoms with E-state index in [1.54, 1.807) is 29.5 Å². The first-order valence-electron chi connectivity index (χ1n) is 10.6. The zero-order valence-corrected chi connectivity index (χ0v) is 19.8. The first kappa shape index (κ1) is 22.7. The highest BCUT2D eigenvalue weighted by Crippen LogP contribution is 2.28. The van der Waals surface area contributed by atoms with Crippen molar-refractivity contribution < 1.29 is 17.6 Å². The van der Waals surface area contributed by atoms with Crippen LogP contribution in [0.25, 0.3) is 5.69 Å². The molecule has 1 amide bonds. The number of benzene rings is 1. The molecule has 1 atom stereocenters. The molecule has 3 aromatic rings. The molecule has 9 heteroatoms. The van der Waals surface area contributed by atoms with Crippen molar-refractivity contribution in [3.05, 3.63) is 66.4 Å². The third-order valence-electron chi connectivity index (χ3n) is 5.63. The van der Waals surface area contributed by atoms with Crippen LogP contribution in [0.1, 0.15) is 37.5 Å². The lowest BCUT2D eigenvalue weighted by Crippen LogP contribution is -2.41. The minimum atomic E-state index is -3.11. The highest BCUT2D eigenvalue weighted by Gasteiger charge is 2.35. The predicted molar refractivity (Wildman–Crippen MR) is 125 cm³/mol. The highest BCUT2D eigenvalue weighted by atomic mass is 32.2. The maximum Gasteiger partial charge on any atom is 0.233 e. The second-order valence-corrected chi connectivity index (χ2v) is 11.4. The summed E-state index contributed by atoms with van der Waals surface area (Å²) in [5.41, 5.74) is 2.25. The number of carbonyl (C=O) groups excluding carboxylic acids is 1. The van der Waals surface area contributed by atoms with Gasteiger partial charge in [-0.1, -0.05) is 43.8 Å². The van der Waals surface area contributed by atoms with Crippen molar-refractivity contribution in [3.63, 3.8) is 0 Å². The Kier molecular flexibility index (Phi) is 6.76. The third kappa shape index (κ3) is 5.10. The average molecular weight is 474 g/mol. The Bertz CT molecular complexity index is 1170. The van der Waals surface area contributed by atoms with Crippen molar-refractivity contribution in [1.29, 1.82) is 0 Å². The van der Waals surface area contributed by atoms with Crippen molar-refractivity contribution in [1.82, 2.24) is 14.5 Å². The molecule has 0 spiro atoms. The quantitative estimate of drug-likeness (QED) is 0.461. The molecule has 1 aliphatic rings. The van der Waals surface area contributed by atoms with Crippen LogP contribution in [0.15, 0.2) is 64.6 Å². The molecule has 0 N–H and O–H groups in total. The molecule has 1 saturated heterocycles. The number of aromatic nitrogens is 2. The van der Waals surface area contributed by atoms with Crippen LogP contribution in [-0.4, -0.2) is 52.1 Å². The number of imidazole rings is 1. The maximum atomic E-state index is 13.2. The molecule has 0 unspecified atom stereocenters. The molecule has 2 aromatic heterocycles. The van der Waals surface area contributed by atoms with Crippen LogP contribution in [0.3, 0.4) is 0 Å². The van der Waals surface area contributed by atoms with E-state index in [4.69, 9.17) is 4.42 Å². The van der Waals surface area contributed by atoms with Gasteiger partial charge in [0.2, 0.25) is 5.91 Å². The van der Waals surface area contributed by atoms with E-state index in [-0.39, 0.29) is 35.8 Å². The molecule has 170 valence electrons. The van der Waals surface area contributed by atoms with E-state index in [2.05, 4.69) is 31.0 Å². The lowest BCUT2D eigenvalue weighted by Gasteiger charge is -2.27. The van der Waals surface area contributed by atoms with Gasteiger partial charge in [0.15, 0.2) is 15.0 Å². The molecular formula is C23H27N3O4S2. The Labute approximate surface area is 192 Å². The number of sulfone groups is 1. The second-order valence-electron chi connectivity index (χ2n) is 8.24. The van der Waals surface area contributed by atoms with E-state index in [1.165, 1.54) is 17.3 Å². The molecular weight excluding hydrogens is 446 g/mol. The van der Waals surface area contributed by atoms with Crippen molar-refractivity contribution in [2.75, 3.05) is 17.3 Å². The van der Waals surface area contributed by atoms with Crippen molar-refractivity contribution in [3.8, 4) is 5.69 Å². The lowest BCUT2D eigenvalue weighted by atomic mass is 10.0. The number of rotatable bonds is 8. The summed E-state index contributed by atoms with van der Waals surface area (Å²) in [6.07, 6.45) is 5.64. The first-order chi connectivity index (χ1) is 15.3. The third-order valence-corrected chi connectivity index (χ3v) is 8.33. The largest absolute Gasteiger partial charge is 0.467 e. The molecule has 32 heavy (non-hydrogen) atoms. The van der Waals surface area contributed by atoms with Gasteiger partial charge in [-0.2, -0.15) is 0 Å². The topological polar surface area (TPSA) is 85.4 Å². The standard InChI is InChI=1S/C23H27N3O4S2/c1-17(2)20-7-3-4-8-21(20)25-11-10-24-23(25)31-15-22(27)26(14-19-6-5-12-30-19)18-9-13-32(28,29)16-18/h3-8,10-12,17-18H,9,13-16H2,1-2H3/t18-/m1/s1. The van der Waals surface area contributed by atoms with Gasteiger partial charge in [0.1, 0.15) is 5.76 Å². The summed E-state index contributed by atoms with van der Waals surface area (Å²) in [4.78, 5) is 19.3. The van der Waals surface area contributed by atoms with Crippen molar-refractivity contribution in [2.24, 2.45) is 0 Å². The number of furan rings is 1. The fourth-order valence-corrected chi connectivity index (χ4v) is 6.58. The minimum absolute atomic E-state index is 0.000502. The number of para-hydroxylation sites is 1. The number of amides is 1. The van der Waals surface area contributed by atoms with Crippen LogP contribution in [0.2, 0.25) is 0 Å². The van der Waals surface area contributed by atoms with Crippen molar-refractivity contribution in [2.45, 2.75) is 43.9 Å². The van der Waals surface area contributed by atoms with Crippen LogP contribution in [0.4, 0.5) is 0 Å². The summed E-state index contributed by atoms with van der Waals surface area (Å²) >= 11 is 1.36. The summed E-state index contributed by atoms with van der Waals surface area (Å²) < 4.78 is 31.5. The summed E-state index contributed by atoms with van der Waals surface area (Å²) in [6, 6.07) is 11.4. The van der Waals surface area contributed by atoms with Gasteiger partial charge in [-0.3, -0.25) is 9.36 Å². The molecule has 1 aliphatic heterocycles. The van der Waals surface area contributed by atoms with Gasteiger partial charge in [-0.25, -0.2) is 13.4 Å². The Morgan fingerprint density at radius 1 is 1.28 bits per heavy atom. The number of hydrogen-bond donors (Lipinski definition) is 0. The van der Waals surface area contributed by atoms with Crippen LogP contribution in [-0.2, 0) is 21.2 Å². The van der Waals surface area contributed by atoms with E-state index >= 15 is 0 Å². The molecule has 7 nitrogen and oxygen atoms in total. The SMILES string of the molecule is CC(C)c1ccccc1-n1ccnc1SCC(=O)N(Cc1ccco1)[C@@H]1CCS(=O)(=O)C1. The zero-order chi connectivity index (χ0) is 22.7. The summed E-state index contributed by atoms with van der Waals surface area (Å²) in [5, 5.41) is 0.725. The molecule has 3 heterocycles. The zero-order valence-electron chi connectivity index (χ0n) is 18.2. The minimum Gasteiger partial charge on any atom is -0.467 e. The lowest BCUT2D eigenvalue weighted by molar-refractivity contribution is -0.131. The number of hydrogen-bond acceptors (Lipinski definition) is 6. The second kappa shape index (κ2) is 9.54. The van der Waals surface area contributed by atoms with Crippen LogP contribution in [0.5, 0.6) is 0 Å². The first-order valence-corrected chi connectivity index (χ1v) is 13.4. The Morgan fingerprint density at radius 3 is 2.78 bits per heavy atom. The Morgan fingerprint density at radius 2 is 2.09 bits per heavy atom. The van der Waals surface area contributed by atoms with E-state index in [0.717, 1.165) is 10.8 Å². The van der Waals surface area contributed by atoms with Gasteiger partial charge in [-0.05, 0) is 36.1 Å². The van der Waals surface area contributed by atoms with Gasteiger partial charge in [0, 0.05) is 18.4 Å². The fraction of sp³-hybridized carbons (Fsp3) is 0.391. The van der Waals surface area contributed by atoms with Gasteiger partial charge >= 0.3 is 0 Å². The van der Waals surface area contributed by atoms with Gasteiger partial charge in [0.05, 0.1) is 35.8 Å². The van der Waals surface area contributed by atoms with Gasteiger partial charge in [-0.15, -0.1) is 0 Å². The van der Waals surface area contributed by atoms with Crippen LogP contribution in [0, 0.1) is 0 Å². The number of thioether (sulfide) groups is 1. The maximum absolute atomic E-state index is 13.2. The summed E-state index contributed by atoms with van der Waals surface area (Å²) in [7, 11) is -3.11. The van der Waals surface area contributed by atoms with E-state index in [9.17, 15) is 13.2 Å². The molecule has 0 radical (unpaired) electrons. The van der Waals surface area contributed by atoms with E-state index in [0.29, 0.717) is 18.1 Å². The number of carbonyl (C=O) groups is 1. The van der Waals surface area contributed by atoms with Crippen molar-refractivity contribution >= 4 is 27.5 Å². The Hall–Kier alpha value is -2.52. The smallest absolute Gasteiger partial charge is 0.233 e. The molecule has 0 bridgehead atoms. The molecule has 1 fully saturated rings. The summed E-state index contributed by atoms with van der Waals surface area (Å²) in [5.74, 6) is 1.14. The average Bonchev–Trinajstić information content (AvgIpc) is 3.51. The monoisotopic (exact) mass is 473 g/mol. The normalized spacial score (nSPS) is 17.7. The highest BCUT2D eigenvalue weighted by molar-refractivity contribution is 7.99. The molecule has 0 saturated carbocycles. The summed E-state index contributed by atoms with van der Waals surface area (Å²) in [6.45, 7) is 4.56. The van der Waals surface area contributed by atoms with Crippen LogP contribution < -0.4 is 0 Å². The van der Waals surface area contributed by atoms with Crippen LogP contribution >= 0.6 is 11.8 Å². The van der Waals surface area contributed by atoms with Gasteiger partial charge in [0.25, 0.3) is 0 Å². The molecule has 1 aromatic carbocycles. The molecule has 0 aliphatic carbocycles. The number of nitrogens with zero attached hydrogens (tertiary/aromatic N) is 3.